The number of aromatic nitrogens is 1. The first-order valence-corrected chi connectivity index (χ1v) is 13.5. The fourth-order valence-electron chi connectivity index (χ4n) is 4.25. The number of esters is 1. The lowest BCUT2D eigenvalue weighted by atomic mass is 9.96. The predicted octanol–water partition coefficient (Wildman–Crippen LogP) is 4.54. The summed E-state index contributed by atoms with van der Waals surface area (Å²) < 4.78 is 18.6. The average molecular weight is 533 g/mol. The fourth-order valence-corrected chi connectivity index (χ4v) is 5.30. The number of carbonyl (C=O) groups is 1. The number of ether oxygens (including phenoxy) is 3. The summed E-state index contributed by atoms with van der Waals surface area (Å²) in [4.78, 5) is 32.0. The number of allylic oxidation sites excluding steroid dienone is 1. The van der Waals surface area contributed by atoms with Crippen LogP contribution in [0.2, 0.25) is 0 Å². The second kappa shape index (κ2) is 12.6. The second-order valence-corrected chi connectivity index (χ2v) is 9.88. The Kier molecular flexibility index (Phi) is 8.97. The highest BCUT2D eigenvalue weighted by atomic mass is 32.1. The van der Waals surface area contributed by atoms with Gasteiger partial charge in [0.05, 0.1) is 35.6 Å². The van der Waals surface area contributed by atoms with Gasteiger partial charge in [0, 0.05) is 0 Å². The van der Waals surface area contributed by atoms with Gasteiger partial charge in [-0.3, -0.25) is 9.36 Å². The number of hydrogen-bond acceptors (Lipinski definition) is 7. The summed E-state index contributed by atoms with van der Waals surface area (Å²) in [6.07, 6.45) is 6.66. The number of nitrogens with zero attached hydrogens (tertiary/aromatic N) is 2. The van der Waals surface area contributed by atoms with Crippen molar-refractivity contribution in [2.24, 2.45) is 4.99 Å². The number of hydrogen-bond donors (Lipinski definition) is 0. The molecule has 0 unspecified atom stereocenters. The first-order valence-electron chi connectivity index (χ1n) is 12.6. The van der Waals surface area contributed by atoms with Crippen LogP contribution in [0.4, 0.5) is 0 Å². The minimum atomic E-state index is -0.685. The number of carbonyl (C=O) groups excluding carboxylic acids is 1. The SMILES string of the molecule is C=CCOC(=O)C1=C(C)N=c2s/c(=C/c3ccc(OCCCCC)cc3)c(=O)n2[C@@H]1c1ccc(OC)cc1. The third-order valence-electron chi connectivity index (χ3n) is 6.20. The normalized spacial score (nSPS) is 15.0. The number of methoxy groups -OCH3 is 1. The Hall–Kier alpha value is -3.91. The van der Waals surface area contributed by atoms with Crippen molar-refractivity contribution < 1.29 is 19.0 Å². The lowest BCUT2D eigenvalue weighted by Gasteiger charge is -2.24. The van der Waals surface area contributed by atoms with Crippen molar-refractivity contribution in [2.75, 3.05) is 20.3 Å². The van der Waals surface area contributed by atoms with E-state index in [1.165, 1.54) is 17.4 Å². The highest BCUT2D eigenvalue weighted by Crippen LogP contribution is 2.31. The molecule has 198 valence electrons. The lowest BCUT2D eigenvalue weighted by Crippen LogP contribution is -2.39. The molecule has 0 saturated heterocycles. The quantitative estimate of drug-likeness (QED) is 0.206. The molecule has 4 rings (SSSR count). The van der Waals surface area contributed by atoms with Crippen LogP contribution in [0.5, 0.6) is 11.5 Å². The van der Waals surface area contributed by atoms with Gasteiger partial charge in [-0.15, -0.1) is 0 Å². The van der Waals surface area contributed by atoms with Crippen molar-refractivity contribution >= 4 is 23.4 Å². The minimum Gasteiger partial charge on any atom is -0.497 e. The molecule has 3 aromatic rings. The minimum absolute atomic E-state index is 0.0632. The molecule has 7 nitrogen and oxygen atoms in total. The Labute approximate surface area is 226 Å². The van der Waals surface area contributed by atoms with Crippen LogP contribution in [0.1, 0.15) is 50.3 Å². The molecule has 38 heavy (non-hydrogen) atoms. The monoisotopic (exact) mass is 532 g/mol. The molecule has 0 N–H and O–H groups in total. The van der Waals surface area contributed by atoms with Gasteiger partial charge in [-0.05, 0) is 54.8 Å². The molecule has 0 bridgehead atoms. The maximum atomic E-state index is 13.7. The van der Waals surface area contributed by atoms with E-state index in [2.05, 4.69) is 18.5 Å². The molecule has 1 aliphatic rings. The molecule has 0 fully saturated rings. The van der Waals surface area contributed by atoms with E-state index in [0.717, 1.165) is 36.1 Å². The average Bonchev–Trinajstić information content (AvgIpc) is 3.23. The van der Waals surface area contributed by atoms with E-state index >= 15 is 0 Å². The van der Waals surface area contributed by atoms with Crippen molar-refractivity contribution in [1.29, 1.82) is 0 Å². The van der Waals surface area contributed by atoms with Gasteiger partial charge in [0.1, 0.15) is 18.1 Å². The van der Waals surface area contributed by atoms with Crippen LogP contribution >= 0.6 is 11.3 Å². The summed E-state index contributed by atoms with van der Waals surface area (Å²) in [6.45, 7) is 8.29. The van der Waals surface area contributed by atoms with Crippen LogP contribution in [0, 0.1) is 0 Å². The van der Waals surface area contributed by atoms with E-state index in [1.54, 1.807) is 30.7 Å². The molecule has 0 saturated carbocycles. The highest BCUT2D eigenvalue weighted by Gasteiger charge is 2.33. The molecular formula is C30H32N2O5S. The van der Waals surface area contributed by atoms with Gasteiger partial charge in [0.2, 0.25) is 0 Å². The van der Waals surface area contributed by atoms with Gasteiger partial charge in [-0.2, -0.15) is 0 Å². The molecule has 1 aliphatic heterocycles. The van der Waals surface area contributed by atoms with Gasteiger partial charge >= 0.3 is 5.97 Å². The molecule has 2 heterocycles. The van der Waals surface area contributed by atoms with E-state index in [9.17, 15) is 9.59 Å². The topological polar surface area (TPSA) is 79.1 Å². The zero-order chi connectivity index (χ0) is 27.1. The third kappa shape index (κ3) is 5.97. The smallest absolute Gasteiger partial charge is 0.338 e. The van der Waals surface area contributed by atoms with Gasteiger partial charge in [0.15, 0.2) is 4.80 Å². The molecule has 0 radical (unpaired) electrons. The summed E-state index contributed by atoms with van der Waals surface area (Å²) >= 11 is 1.29. The molecule has 2 aromatic carbocycles. The van der Waals surface area contributed by atoms with Gasteiger partial charge < -0.3 is 14.2 Å². The zero-order valence-corrected chi connectivity index (χ0v) is 22.8. The Morgan fingerprint density at radius 3 is 2.47 bits per heavy atom. The van der Waals surface area contributed by atoms with Crippen molar-refractivity contribution in [3.05, 3.63) is 103 Å². The van der Waals surface area contributed by atoms with Gasteiger partial charge in [0.25, 0.3) is 5.56 Å². The standard InChI is InChI=1S/C30H32N2O5S/c1-5-7-8-18-36-24-13-9-21(10-14-24)19-25-28(33)32-27(22-11-15-23(35-4)16-12-22)26(29(34)37-17-6-2)20(3)31-30(32)38-25/h6,9-16,19,27H,2,5,7-8,17-18H2,1,3-4H3/b25-19+/t27-/m1/s1. The fraction of sp³-hybridized carbons (Fsp3) is 0.300. The number of unbranched alkanes of at least 4 members (excludes halogenated alkanes) is 2. The predicted molar refractivity (Wildman–Crippen MR) is 149 cm³/mol. The molecule has 0 amide bonds. The van der Waals surface area contributed by atoms with E-state index in [1.807, 2.05) is 42.5 Å². The van der Waals surface area contributed by atoms with Crippen LogP contribution < -0.4 is 24.4 Å². The number of rotatable bonds is 11. The lowest BCUT2D eigenvalue weighted by molar-refractivity contribution is -0.138. The summed E-state index contributed by atoms with van der Waals surface area (Å²) in [7, 11) is 1.59. The van der Waals surface area contributed by atoms with E-state index in [4.69, 9.17) is 14.2 Å². The van der Waals surface area contributed by atoms with Crippen molar-refractivity contribution in [1.82, 2.24) is 4.57 Å². The summed E-state index contributed by atoms with van der Waals surface area (Å²) in [6, 6.07) is 14.3. The Morgan fingerprint density at radius 1 is 1.11 bits per heavy atom. The maximum absolute atomic E-state index is 13.7. The highest BCUT2D eigenvalue weighted by molar-refractivity contribution is 7.07. The van der Waals surface area contributed by atoms with Gasteiger partial charge in [-0.1, -0.05) is 68.0 Å². The molecule has 0 spiro atoms. The Bertz CT molecular complexity index is 1500. The first-order chi connectivity index (χ1) is 18.5. The first kappa shape index (κ1) is 27.1. The number of fused-ring (bicyclic) bond motifs is 1. The Morgan fingerprint density at radius 2 is 1.82 bits per heavy atom. The molecule has 8 heteroatoms. The van der Waals surface area contributed by atoms with Crippen LogP contribution in [0.25, 0.3) is 6.08 Å². The van der Waals surface area contributed by atoms with Crippen LogP contribution in [0.15, 0.2) is 82.2 Å². The second-order valence-electron chi connectivity index (χ2n) is 8.87. The molecular weight excluding hydrogens is 500 g/mol. The summed E-state index contributed by atoms with van der Waals surface area (Å²) in [5, 5.41) is 0. The van der Waals surface area contributed by atoms with Crippen molar-refractivity contribution in [3.63, 3.8) is 0 Å². The number of thiazole rings is 1. The van der Waals surface area contributed by atoms with Crippen molar-refractivity contribution in [3.8, 4) is 11.5 Å². The molecule has 1 aromatic heterocycles. The van der Waals surface area contributed by atoms with E-state index < -0.39 is 12.0 Å². The zero-order valence-electron chi connectivity index (χ0n) is 21.9. The number of benzene rings is 2. The van der Waals surface area contributed by atoms with Crippen LogP contribution in [-0.4, -0.2) is 30.9 Å². The Balaban J connectivity index is 1.74. The molecule has 0 aliphatic carbocycles. The summed E-state index contributed by atoms with van der Waals surface area (Å²) in [5.74, 6) is 0.948. The summed E-state index contributed by atoms with van der Waals surface area (Å²) in [5.41, 5.74) is 2.23. The van der Waals surface area contributed by atoms with Crippen LogP contribution in [-0.2, 0) is 9.53 Å². The van der Waals surface area contributed by atoms with E-state index in [-0.39, 0.29) is 12.2 Å². The maximum Gasteiger partial charge on any atom is 0.338 e. The third-order valence-corrected chi connectivity index (χ3v) is 7.18. The van der Waals surface area contributed by atoms with E-state index in [0.29, 0.717) is 33.0 Å². The largest absolute Gasteiger partial charge is 0.497 e. The molecule has 1 atom stereocenters. The van der Waals surface area contributed by atoms with Crippen LogP contribution in [0.3, 0.4) is 0 Å². The van der Waals surface area contributed by atoms with Crippen molar-refractivity contribution in [2.45, 2.75) is 39.2 Å². The van der Waals surface area contributed by atoms with Gasteiger partial charge in [-0.25, -0.2) is 9.79 Å².